The monoisotopic (exact) mass is 567 g/mol. The lowest BCUT2D eigenvalue weighted by Gasteiger charge is -2.43. The fourth-order valence-electron chi connectivity index (χ4n) is 4.58. The van der Waals surface area contributed by atoms with E-state index in [2.05, 4.69) is 15.9 Å². The summed E-state index contributed by atoms with van der Waals surface area (Å²) in [5.74, 6) is -4.19. The smallest absolute Gasteiger partial charge is 0.317 e. The van der Waals surface area contributed by atoms with Crippen molar-refractivity contribution in [1.82, 2.24) is 14.7 Å². The van der Waals surface area contributed by atoms with Crippen molar-refractivity contribution in [3.63, 3.8) is 0 Å². The van der Waals surface area contributed by atoms with Crippen LogP contribution in [0.25, 0.3) is 0 Å². The van der Waals surface area contributed by atoms with Crippen LogP contribution in [0.5, 0.6) is 0 Å². The largest absolute Gasteiger partial charge is 0.481 e. The lowest BCUT2D eigenvalue weighted by Crippen LogP contribution is -2.53. The minimum Gasteiger partial charge on any atom is -0.481 e. The van der Waals surface area contributed by atoms with Gasteiger partial charge in [0.25, 0.3) is 0 Å². The molecule has 12 nitrogen and oxygen atoms in total. The second kappa shape index (κ2) is 16.0. The van der Waals surface area contributed by atoms with Gasteiger partial charge in [0.1, 0.15) is 0 Å². The molecule has 35 heavy (non-hydrogen) atoms. The molecule has 0 aromatic rings. The molecule has 0 saturated heterocycles. The number of carboxylic acid groups (broad SMARTS) is 4. The van der Waals surface area contributed by atoms with Gasteiger partial charge in [-0.1, -0.05) is 22.9 Å². The lowest BCUT2D eigenvalue weighted by molar-refractivity contribution is -0.142. The van der Waals surface area contributed by atoms with Gasteiger partial charge in [-0.2, -0.15) is 0 Å². The van der Waals surface area contributed by atoms with Crippen LogP contribution in [0.2, 0.25) is 0 Å². The molecule has 0 bridgehead atoms. The molecule has 1 fully saturated rings. The van der Waals surface area contributed by atoms with E-state index in [0.29, 0.717) is 32.5 Å². The highest BCUT2D eigenvalue weighted by atomic mass is 79.9. The van der Waals surface area contributed by atoms with Gasteiger partial charge >= 0.3 is 23.9 Å². The topological polar surface area (TPSA) is 179 Å². The Morgan fingerprint density at radius 2 is 1.29 bits per heavy atom. The molecule has 0 spiro atoms. The van der Waals surface area contributed by atoms with Crippen LogP contribution in [0, 0.1) is 5.92 Å². The zero-order valence-electron chi connectivity index (χ0n) is 20.1. The van der Waals surface area contributed by atoms with E-state index < -0.39 is 30.0 Å². The molecule has 5 N–H and O–H groups in total. The Balaban J connectivity index is 2.95. The maximum absolute atomic E-state index is 11.6. The van der Waals surface area contributed by atoms with Crippen LogP contribution >= 0.6 is 15.9 Å². The average molecular weight is 568 g/mol. The molecule has 0 heterocycles. The van der Waals surface area contributed by atoms with Crippen LogP contribution in [0.15, 0.2) is 0 Å². The summed E-state index contributed by atoms with van der Waals surface area (Å²) in [6, 6.07) is -0.371. The highest BCUT2D eigenvalue weighted by Crippen LogP contribution is 2.35. The maximum Gasteiger partial charge on any atom is 0.317 e. The molecule has 1 rings (SSSR count). The third-order valence-corrected chi connectivity index (χ3v) is 7.19. The minimum atomic E-state index is -1.07. The van der Waals surface area contributed by atoms with E-state index >= 15 is 0 Å². The molecule has 1 saturated carbocycles. The zero-order chi connectivity index (χ0) is 26.5. The molecule has 0 aliphatic heterocycles. The van der Waals surface area contributed by atoms with Gasteiger partial charge in [0.2, 0.25) is 0 Å². The standard InChI is InChI=1S/C22H38BrN3O9/c1-2-5-24(12-20(30)31)6-7-25(13-21(32)33)8-9-26(14-22(34)35)17-11-18(27)16(23)10-15(17)3-4-19(28)29/h15-18,27H,2-14H2,1H3,(H,28,29)(H,30,31)(H,32,33)(H,34,35). The van der Waals surface area contributed by atoms with E-state index in [1.807, 2.05) is 6.92 Å². The number of hydrogen-bond donors (Lipinski definition) is 5. The molecule has 202 valence electrons. The molecule has 0 aromatic heterocycles. The summed E-state index contributed by atoms with van der Waals surface area (Å²) in [7, 11) is 0. The number of aliphatic carboxylic acids is 4. The van der Waals surface area contributed by atoms with Gasteiger partial charge in [-0.25, -0.2) is 0 Å². The second-order valence-electron chi connectivity index (χ2n) is 9.02. The van der Waals surface area contributed by atoms with Crippen molar-refractivity contribution < 1.29 is 44.7 Å². The van der Waals surface area contributed by atoms with Crippen LogP contribution in [0.3, 0.4) is 0 Å². The Hall–Kier alpha value is -1.80. The molecular weight excluding hydrogens is 530 g/mol. The van der Waals surface area contributed by atoms with Crippen LogP contribution in [-0.2, 0) is 19.2 Å². The molecule has 0 radical (unpaired) electrons. The maximum atomic E-state index is 11.6. The van der Waals surface area contributed by atoms with Crippen LogP contribution in [0.4, 0.5) is 0 Å². The molecule has 1 aliphatic carbocycles. The summed E-state index contributed by atoms with van der Waals surface area (Å²) in [6.45, 7) is 2.78. The van der Waals surface area contributed by atoms with E-state index in [1.54, 1.807) is 14.7 Å². The predicted octanol–water partition coefficient (Wildman–Crippen LogP) is 0.324. The third-order valence-electron chi connectivity index (χ3n) is 6.20. The molecule has 1 aliphatic rings. The Morgan fingerprint density at radius 1 is 0.771 bits per heavy atom. The Labute approximate surface area is 213 Å². The van der Waals surface area contributed by atoms with Crippen molar-refractivity contribution in [3.8, 4) is 0 Å². The summed E-state index contributed by atoms with van der Waals surface area (Å²) >= 11 is 3.43. The van der Waals surface area contributed by atoms with Crippen molar-refractivity contribution in [1.29, 1.82) is 0 Å². The van der Waals surface area contributed by atoms with Gasteiger partial charge in [0.05, 0.1) is 25.7 Å². The SMILES string of the molecule is CCCN(CCN(CCN(CC(=O)O)C1CC(O)C(Br)CC1CCC(=O)O)CC(=O)O)CC(=O)O. The third kappa shape index (κ3) is 12.6. The van der Waals surface area contributed by atoms with Crippen molar-refractivity contribution in [2.45, 2.75) is 56.0 Å². The quantitative estimate of drug-likeness (QED) is 0.143. The van der Waals surface area contributed by atoms with E-state index in [9.17, 15) is 34.5 Å². The van der Waals surface area contributed by atoms with Gasteiger partial charge < -0.3 is 25.5 Å². The molecule has 4 atom stereocenters. The molecule has 4 unspecified atom stereocenters. The van der Waals surface area contributed by atoms with E-state index in [0.717, 1.165) is 6.42 Å². The highest BCUT2D eigenvalue weighted by Gasteiger charge is 2.38. The van der Waals surface area contributed by atoms with Gasteiger partial charge in [-0.3, -0.25) is 33.9 Å². The van der Waals surface area contributed by atoms with Crippen LogP contribution in [0.1, 0.15) is 39.0 Å². The van der Waals surface area contributed by atoms with Crippen molar-refractivity contribution in [2.24, 2.45) is 5.92 Å². The van der Waals surface area contributed by atoms with Crippen LogP contribution < -0.4 is 0 Å². The van der Waals surface area contributed by atoms with Crippen molar-refractivity contribution in [2.75, 3.05) is 52.4 Å². The number of nitrogens with zero attached hydrogens (tertiary/aromatic N) is 3. The molecule has 0 aromatic carbocycles. The van der Waals surface area contributed by atoms with Crippen LogP contribution in [-0.4, -0.2) is 133 Å². The number of aliphatic hydroxyl groups excluding tert-OH is 1. The predicted molar refractivity (Wildman–Crippen MR) is 130 cm³/mol. The first-order valence-electron chi connectivity index (χ1n) is 11.8. The fourth-order valence-corrected chi connectivity index (χ4v) is 5.28. The zero-order valence-corrected chi connectivity index (χ0v) is 21.7. The lowest BCUT2D eigenvalue weighted by atomic mass is 9.79. The first-order valence-corrected chi connectivity index (χ1v) is 12.7. The number of aliphatic hydroxyl groups is 1. The summed E-state index contributed by atoms with van der Waals surface area (Å²) < 4.78 is 0. The van der Waals surface area contributed by atoms with E-state index in [-0.39, 0.29) is 62.4 Å². The molecule has 13 heteroatoms. The summed E-state index contributed by atoms with van der Waals surface area (Å²) in [5.41, 5.74) is 0. The van der Waals surface area contributed by atoms with E-state index in [4.69, 9.17) is 10.2 Å². The average Bonchev–Trinajstić information content (AvgIpc) is 2.74. The highest BCUT2D eigenvalue weighted by molar-refractivity contribution is 9.09. The molecular formula is C22H38BrN3O9. The van der Waals surface area contributed by atoms with E-state index in [1.165, 1.54) is 0 Å². The normalized spacial score (nSPS) is 22.6. The minimum absolute atomic E-state index is 0.0696. The first-order chi connectivity index (χ1) is 16.4. The number of halogens is 1. The number of carboxylic acids is 4. The Morgan fingerprint density at radius 3 is 1.77 bits per heavy atom. The first kappa shape index (κ1) is 31.2. The van der Waals surface area contributed by atoms with Crippen molar-refractivity contribution >= 4 is 39.8 Å². The summed E-state index contributed by atoms with van der Waals surface area (Å²) in [4.78, 5) is 50.1. The molecule has 0 amide bonds. The van der Waals surface area contributed by atoms with Crippen molar-refractivity contribution in [3.05, 3.63) is 0 Å². The Kier molecular flexibility index (Phi) is 14.3. The van der Waals surface area contributed by atoms with Gasteiger partial charge in [0.15, 0.2) is 0 Å². The van der Waals surface area contributed by atoms with Gasteiger partial charge in [-0.15, -0.1) is 0 Å². The summed E-state index contributed by atoms with van der Waals surface area (Å²) in [6.07, 6.45) is 1.07. The number of hydrogen-bond acceptors (Lipinski definition) is 8. The Bertz CT molecular complexity index is 712. The second-order valence-corrected chi connectivity index (χ2v) is 10.2. The van der Waals surface area contributed by atoms with Gasteiger partial charge in [0, 0.05) is 43.5 Å². The number of carbonyl (C=O) groups is 4. The number of alkyl halides is 1. The summed E-state index contributed by atoms with van der Waals surface area (Å²) in [5, 5.41) is 47.4. The number of rotatable bonds is 18. The fraction of sp³-hybridized carbons (Fsp3) is 0.818. The van der Waals surface area contributed by atoms with Gasteiger partial charge in [-0.05, 0) is 38.1 Å².